The number of hydrogen-bond donors (Lipinski definition) is 2. The molecule has 0 saturated heterocycles. The van der Waals surface area contributed by atoms with Gasteiger partial charge in [0.15, 0.2) is 0 Å². The van der Waals surface area contributed by atoms with Gasteiger partial charge in [0.25, 0.3) is 0 Å². The number of rotatable bonds is 5. The highest BCUT2D eigenvalue weighted by molar-refractivity contribution is 6.30. The van der Waals surface area contributed by atoms with E-state index in [1.54, 1.807) is 0 Å². The fourth-order valence-corrected chi connectivity index (χ4v) is 1.45. The molecule has 3 heteroatoms. The summed E-state index contributed by atoms with van der Waals surface area (Å²) in [5.41, 5.74) is 6.72. The summed E-state index contributed by atoms with van der Waals surface area (Å²) >= 11 is 5.85. The molecule has 0 aliphatic rings. The molecule has 0 saturated carbocycles. The van der Waals surface area contributed by atoms with Crippen molar-refractivity contribution in [1.82, 2.24) is 0 Å². The van der Waals surface area contributed by atoms with Crippen molar-refractivity contribution in [1.29, 1.82) is 0 Å². The lowest BCUT2D eigenvalue weighted by Crippen LogP contribution is -2.16. The Morgan fingerprint density at radius 2 is 2.29 bits per heavy atom. The highest BCUT2D eigenvalue weighted by atomic mass is 35.5. The van der Waals surface area contributed by atoms with E-state index in [-0.39, 0.29) is 6.04 Å². The quantitative estimate of drug-likeness (QED) is 0.737. The van der Waals surface area contributed by atoms with Gasteiger partial charge in [0.05, 0.1) is 0 Å². The average molecular weight is 213 g/mol. The SMILES string of the molecule is CC(N)CCCNc1cccc(Cl)c1. The first-order valence-corrected chi connectivity index (χ1v) is 5.31. The first-order valence-electron chi connectivity index (χ1n) is 4.93. The predicted octanol–water partition coefficient (Wildman–Crippen LogP) is 2.88. The summed E-state index contributed by atoms with van der Waals surface area (Å²) in [6.45, 7) is 2.97. The van der Waals surface area contributed by atoms with Crippen LogP contribution in [-0.4, -0.2) is 12.6 Å². The summed E-state index contributed by atoms with van der Waals surface area (Å²) in [7, 11) is 0. The van der Waals surface area contributed by atoms with Crippen LogP contribution in [0.25, 0.3) is 0 Å². The van der Waals surface area contributed by atoms with Crippen LogP contribution in [0.2, 0.25) is 5.02 Å². The molecule has 0 fully saturated rings. The van der Waals surface area contributed by atoms with E-state index in [0.717, 1.165) is 30.1 Å². The number of hydrogen-bond acceptors (Lipinski definition) is 2. The molecule has 78 valence electrons. The van der Waals surface area contributed by atoms with Gasteiger partial charge in [0.2, 0.25) is 0 Å². The molecule has 0 bridgehead atoms. The lowest BCUT2D eigenvalue weighted by Gasteiger charge is -2.07. The molecule has 0 radical (unpaired) electrons. The summed E-state index contributed by atoms with van der Waals surface area (Å²) < 4.78 is 0. The van der Waals surface area contributed by atoms with Gasteiger partial charge in [-0.15, -0.1) is 0 Å². The molecule has 1 unspecified atom stereocenters. The first kappa shape index (κ1) is 11.3. The predicted molar refractivity (Wildman–Crippen MR) is 62.8 cm³/mol. The maximum Gasteiger partial charge on any atom is 0.0426 e. The topological polar surface area (TPSA) is 38.0 Å². The van der Waals surface area contributed by atoms with E-state index < -0.39 is 0 Å². The van der Waals surface area contributed by atoms with Gasteiger partial charge in [-0.2, -0.15) is 0 Å². The molecule has 1 aromatic carbocycles. The third kappa shape index (κ3) is 4.49. The molecule has 0 aromatic heterocycles. The van der Waals surface area contributed by atoms with Crippen LogP contribution >= 0.6 is 11.6 Å². The smallest absolute Gasteiger partial charge is 0.0426 e. The van der Waals surface area contributed by atoms with Crippen molar-refractivity contribution in [2.24, 2.45) is 5.73 Å². The molecule has 0 heterocycles. The molecular formula is C11H17ClN2. The van der Waals surface area contributed by atoms with Crippen LogP contribution in [0.1, 0.15) is 19.8 Å². The van der Waals surface area contributed by atoms with Crippen molar-refractivity contribution < 1.29 is 0 Å². The Hall–Kier alpha value is -0.730. The third-order valence-corrected chi connectivity index (χ3v) is 2.23. The van der Waals surface area contributed by atoms with Gasteiger partial charge >= 0.3 is 0 Å². The Morgan fingerprint density at radius 3 is 2.93 bits per heavy atom. The highest BCUT2D eigenvalue weighted by Gasteiger charge is 1.95. The van der Waals surface area contributed by atoms with Crippen LogP contribution in [0, 0.1) is 0 Å². The maximum absolute atomic E-state index is 5.85. The van der Waals surface area contributed by atoms with Crippen molar-refractivity contribution in [3.63, 3.8) is 0 Å². The minimum Gasteiger partial charge on any atom is -0.385 e. The Labute approximate surface area is 90.4 Å². The van der Waals surface area contributed by atoms with Crippen molar-refractivity contribution >= 4 is 17.3 Å². The highest BCUT2D eigenvalue weighted by Crippen LogP contribution is 2.14. The zero-order valence-corrected chi connectivity index (χ0v) is 9.22. The number of nitrogens with two attached hydrogens (primary N) is 1. The van der Waals surface area contributed by atoms with Crippen LogP contribution in [0.5, 0.6) is 0 Å². The lowest BCUT2D eigenvalue weighted by molar-refractivity contribution is 0.639. The van der Waals surface area contributed by atoms with E-state index in [1.807, 2.05) is 31.2 Å². The van der Waals surface area contributed by atoms with Gasteiger partial charge in [-0.3, -0.25) is 0 Å². The second-order valence-electron chi connectivity index (χ2n) is 3.56. The average Bonchev–Trinajstić information content (AvgIpc) is 2.12. The van der Waals surface area contributed by atoms with E-state index in [2.05, 4.69) is 5.32 Å². The molecule has 14 heavy (non-hydrogen) atoms. The maximum atomic E-state index is 5.85. The Bertz CT molecular complexity index is 274. The molecule has 3 N–H and O–H groups in total. The van der Waals surface area contributed by atoms with E-state index in [9.17, 15) is 0 Å². The van der Waals surface area contributed by atoms with Gasteiger partial charge in [0.1, 0.15) is 0 Å². The van der Waals surface area contributed by atoms with E-state index >= 15 is 0 Å². The number of benzene rings is 1. The summed E-state index contributed by atoms with van der Waals surface area (Å²) in [5.74, 6) is 0. The number of halogens is 1. The second-order valence-corrected chi connectivity index (χ2v) is 3.99. The van der Waals surface area contributed by atoms with Gasteiger partial charge in [0, 0.05) is 23.3 Å². The first-order chi connectivity index (χ1) is 6.68. The molecule has 0 amide bonds. The van der Waals surface area contributed by atoms with Crippen LogP contribution in [0.3, 0.4) is 0 Å². The zero-order chi connectivity index (χ0) is 10.4. The Morgan fingerprint density at radius 1 is 1.50 bits per heavy atom. The summed E-state index contributed by atoms with van der Waals surface area (Å²) in [6.07, 6.45) is 2.14. The monoisotopic (exact) mass is 212 g/mol. The fourth-order valence-electron chi connectivity index (χ4n) is 1.26. The number of nitrogens with one attached hydrogen (secondary N) is 1. The molecule has 1 atom stereocenters. The molecular weight excluding hydrogens is 196 g/mol. The normalized spacial score (nSPS) is 12.5. The molecule has 0 spiro atoms. The lowest BCUT2D eigenvalue weighted by atomic mass is 10.2. The minimum atomic E-state index is 0.288. The summed E-state index contributed by atoms with van der Waals surface area (Å²) in [5, 5.41) is 4.07. The van der Waals surface area contributed by atoms with Gasteiger partial charge < -0.3 is 11.1 Å². The van der Waals surface area contributed by atoms with Crippen molar-refractivity contribution in [3.8, 4) is 0 Å². The number of anilines is 1. The summed E-state index contributed by atoms with van der Waals surface area (Å²) in [4.78, 5) is 0. The van der Waals surface area contributed by atoms with Crippen LogP contribution in [-0.2, 0) is 0 Å². The molecule has 1 aromatic rings. The molecule has 0 aliphatic carbocycles. The minimum absolute atomic E-state index is 0.288. The Kier molecular flexibility index (Phi) is 4.77. The Balaban J connectivity index is 2.25. The van der Waals surface area contributed by atoms with E-state index in [1.165, 1.54) is 0 Å². The van der Waals surface area contributed by atoms with Crippen LogP contribution in [0.4, 0.5) is 5.69 Å². The van der Waals surface area contributed by atoms with E-state index in [4.69, 9.17) is 17.3 Å². The van der Waals surface area contributed by atoms with Gasteiger partial charge in [-0.1, -0.05) is 17.7 Å². The van der Waals surface area contributed by atoms with Gasteiger partial charge in [-0.25, -0.2) is 0 Å². The summed E-state index contributed by atoms with van der Waals surface area (Å²) in [6, 6.07) is 8.03. The second kappa shape index (κ2) is 5.89. The largest absolute Gasteiger partial charge is 0.385 e. The third-order valence-electron chi connectivity index (χ3n) is 1.99. The standard InChI is InChI=1S/C11H17ClN2/c1-9(13)4-3-7-14-11-6-2-5-10(12)8-11/h2,5-6,8-9,14H,3-4,7,13H2,1H3. The van der Waals surface area contributed by atoms with Crippen LogP contribution < -0.4 is 11.1 Å². The van der Waals surface area contributed by atoms with Crippen molar-refractivity contribution in [2.45, 2.75) is 25.8 Å². The fraction of sp³-hybridized carbons (Fsp3) is 0.455. The van der Waals surface area contributed by atoms with Crippen LogP contribution in [0.15, 0.2) is 24.3 Å². The van der Waals surface area contributed by atoms with Crippen molar-refractivity contribution in [3.05, 3.63) is 29.3 Å². The van der Waals surface area contributed by atoms with E-state index in [0.29, 0.717) is 0 Å². The molecule has 1 rings (SSSR count). The van der Waals surface area contributed by atoms with Gasteiger partial charge in [-0.05, 0) is 38.0 Å². The zero-order valence-electron chi connectivity index (χ0n) is 8.46. The molecule has 0 aliphatic heterocycles. The molecule has 2 nitrogen and oxygen atoms in total. The van der Waals surface area contributed by atoms with Crippen molar-refractivity contribution in [2.75, 3.05) is 11.9 Å².